The minimum atomic E-state index is -3.42. The molecule has 0 aromatic heterocycles. The first-order chi connectivity index (χ1) is 10.4. The summed E-state index contributed by atoms with van der Waals surface area (Å²) in [5, 5.41) is 2.81. The minimum Gasteiger partial charge on any atom is -0.356 e. The molecule has 0 fully saturated rings. The van der Waals surface area contributed by atoms with Gasteiger partial charge in [-0.3, -0.25) is 9.10 Å². The third-order valence-electron chi connectivity index (χ3n) is 3.44. The first-order valence-corrected chi connectivity index (χ1v) is 9.57. The monoisotopic (exact) mass is 326 g/mol. The second kappa shape index (κ2) is 8.78. The molecular formula is C16H26N2O3S. The Labute approximate surface area is 133 Å². The number of anilines is 1. The van der Waals surface area contributed by atoms with Gasteiger partial charge >= 0.3 is 0 Å². The maximum atomic E-state index is 12.1. The highest BCUT2D eigenvalue weighted by atomic mass is 32.2. The molecule has 0 radical (unpaired) electrons. The number of benzene rings is 1. The second-order valence-corrected chi connectivity index (χ2v) is 7.18. The van der Waals surface area contributed by atoms with Crippen LogP contribution in [0.4, 0.5) is 5.69 Å². The number of para-hydroxylation sites is 1. The van der Waals surface area contributed by atoms with Crippen LogP contribution in [0.3, 0.4) is 0 Å². The van der Waals surface area contributed by atoms with E-state index in [4.69, 9.17) is 0 Å². The number of carbonyl (C=O) groups is 1. The molecule has 0 unspecified atom stereocenters. The largest absolute Gasteiger partial charge is 0.356 e. The van der Waals surface area contributed by atoms with Crippen molar-refractivity contribution in [3.63, 3.8) is 0 Å². The van der Waals surface area contributed by atoms with Gasteiger partial charge in [0.1, 0.15) is 0 Å². The molecule has 0 heterocycles. The Kier molecular flexibility index (Phi) is 7.38. The molecule has 6 heteroatoms. The highest BCUT2D eigenvalue weighted by molar-refractivity contribution is 7.92. The first-order valence-electron chi connectivity index (χ1n) is 7.72. The summed E-state index contributed by atoms with van der Waals surface area (Å²) in [6.07, 6.45) is 4.02. The van der Waals surface area contributed by atoms with Crippen LogP contribution in [0.2, 0.25) is 0 Å². The van der Waals surface area contributed by atoms with Crippen LogP contribution in [0.1, 0.15) is 38.7 Å². The predicted molar refractivity (Wildman–Crippen MR) is 90.5 cm³/mol. The number of aryl methyl sites for hydroxylation is 1. The summed E-state index contributed by atoms with van der Waals surface area (Å²) in [4.78, 5) is 11.8. The zero-order chi connectivity index (χ0) is 16.6. The van der Waals surface area contributed by atoms with Crippen LogP contribution >= 0.6 is 0 Å². The van der Waals surface area contributed by atoms with Crippen LogP contribution in [0, 0.1) is 0 Å². The highest BCUT2D eigenvalue weighted by Crippen LogP contribution is 2.23. The smallest absolute Gasteiger partial charge is 0.232 e. The van der Waals surface area contributed by atoms with E-state index in [-0.39, 0.29) is 18.9 Å². The van der Waals surface area contributed by atoms with Crippen molar-refractivity contribution in [2.45, 2.75) is 39.5 Å². The number of nitrogens with zero attached hydrogens (tertiary/aromatic N) is 1. The van der Waals surface area contributed by atoms with E-state index in [2.05, 4.69) is 12.2 Å². The Hall–Kier alpha value is -1.56. The Balaban J connectivity index is 2.81. The number of hydrogen-bond donors (Lipinski definition) is 1. The molecule has 0 spiro atoms. The topological polar surface area (TPSA) is 66.5 Å². The van der Waals surface area contributed by atoms with Crippen molar-refractivity contribution in [1.82, 2.24) is 5.32 Å². The lowest BCUT2D eigenvalue weighted by atomic mass is 10.1. The maximum absolute atomic E-state index is 12.1. The molecule has 1 amide bonds. The number of carbonyl (C=O) groups excluding carboxylic acids is 1. The first kappa shape index (κ1) is 18.5. The van der Waals surface area contributed by atoms with Gasteiger partial charge in [-0.15, -0.1) is 0 Å². The summed E-state index contributed by atoms with van der Waals surface area (Å²) in [5.74, 6) is -0.115. The molecule has 22 heavy (non-hydrogen) atoms. The van der Waals surface area contributed by atoms with Crippen LogP contribution in [-0.2, 0) is 21.2 Å². The highest BCUT2D eigenvalue weighted by Gasteiger charge is 2.20. The van der Waals surface area contributed by atoms with Gasteiger partial charge in [0.2, 0.25) is 15.9 Å². The number of unbranched alkanes of at least 4 members (excludes halogenated alkanes) is 1. The summed E-state index contributed by atoms with van der Waals surface area (Å²) in [6.45, 7) is 4.84. The van der Waals surface area contributed by atoms with Gasteiger partial charge in [-0.05, 0) is 24.5 Å². The molecule has 124 valence electrons. The molecule has 1 N–H and O–H groups in total. The van der Waals surface area contributed by atoms with Gasteiger partial charge in [0.05, 0.1) is 11.9 Å². The summed E-state index contributed by atoms with van der Waals surface area (Å²) in [7, 11) is -3.42. The van der Waals surface area contributed by atoms with E-state index in [0.29, 0.717) is 12.2 Å². The molecule has 0 atom stereocenters. The molecule has 0 aliphatic carbocycles. The summed E-state index contributed by atoms with van der Waals surface area (Å²) in [5.41, 5.74) is 1.62. The minimum absolute atomic E-state index is 0.115. The van der Waals surface area contributed by atoms with Crippen molar-refractivity contribution in [2.24, 2.45) is 0 Å². The fourth-order valence-electron chi connectivity index (χ4n) is 2.21. The average molecular weight is 326 g/mol. The zero-order valence-electron chi connectivity index (χ0n) is 13.6. The van der Waals surface area contributed by atoms with Crippen molar-refractivity contribution in [2.75, 3.05) is 23.7 Å². The van der Waals surface area contributed by atoms with E-state index >= 15 is 0 Å². The molecule has 1 rings (SSSR count). The zero-order valence-corrected chi connectivity index (χ0v) is 14.4. The van der Waals surface area contributed by atoms with E-state index in [0.717, 1.165) is 24.8 Å². The molecule has 0 saturated heterocycles. The molecule has 0 bridgehead atoms. The number of sulfonamides is 1. The van der Waals surface area contributed by atoms with Crippen LogP contribution in [0.25, 0.3) is 0 Å². The lowest BCUT2D eigenvalue weighted by Crippen LogP contribution is -2.35. The second-order valence-electron chi connectivity index (χ2n) is 5.27. The van der Waals surface area contributed by atoms with E-state index < -0.39 is 10.0 Å². The Morgan fingerprint density at radius 1 is 1.23 bits per heavy atom. The van der Waals surface area contributed by atoms with Crippen molar-refractivity contribution in [1.29, 1.82) is 0 Å². The van der Waals surface area contributed by atoms with E-state index in [1.807, 2.05) is 25.1 Å². The summed E-state index contributed by atoms with van der Waals surface area (Å²) >= 11 is 0. The van der Waals surface area contributed by atoms with Gasteiger partial charge < -0.3 is 5.32 Å². The molecule has 5 nitrogen and oxygen atoms in total. The van der Waals surface area contributed by atoms with Gasteiger partial charge in [-0.2, -0.15) is 0 Å². The number of rotatable bonds is 9. The average Bonchev–Trinajstić information content (AvgIpc) is 2.47. The standard InChI is InChI=1S/C16H26N2O3S/c1-4-6-12-17-16(19)11-13-18(22(3,20)21)15-10-8-7-9-14(15)5-2/h7-10H,4-6,11-13H2,1-3H3,(H,17,19). The van der Waals surface area contributed by atoms with E-state index in [1.165, 1.54) is 10.6 Å². The normalized spacial score (nSPS) is 11.2. The number of amides is 1. The van der Waals surface area contributed by atoms with Crippen LogP contribution in [0.5, 0.6) is 0 Å². The Morgan fingerprint density at radius 2 is 1.91 bits per heavy atom. The van der Waals surface area contributed by atoms with Gasteiger partial charge in [0, 0.05) is 19.5 Å². The van der Waals surface area contributed by atoms with Crippen molar-refractivity contribution in [3.8, 4) is 0 Å². The van der Waals surface area contributed by atoms with Gasteiger partial charge in [-0.1, -0.05) is 38.5 Å². The SMILES string of the molecule is CCCCNC(=O)CCN(c1ccccc1CC)S(C)(=O)=O. The Bertz CT molecular complexity index is 585. The fourth-order valence-corrected chi connectivity index (χ4v) is 3.17. The molecule has 1 aromatic rings. The van der Waals surface area contributed by atoms with E-state index in [1.54, 1.807) is 6.07 Å². The van der Waals surface area contributed by atoms with Crippen molar-refractivity contribution < 1.29 is 13.2 Å². The molecule has 0 aliphatic rings. The third-order valence-corrected chi connectivity index (χ3v) is 4.62. The van der Waals surface area contributed by atoms with E-state index in [9.17, 15) is 13.2 Å². The number of nitrogens with one attached hydrogen (secondary N) is 1. The van der Waals surface area contributed by atoms with Crippen LogP contribution < -0.4 is 9.62 Å². The van der Waals surface area contributed by atoms with Gasteiger partial charge in [0.25, 0.3) is 0 Å². The van der Waals surface area contributed by atoms with Gasteiger partial charge in [0.15, 0.2) is 0 Å². The molecule has 1 aromatic carbocycles. The maximum Gasteiger partial charge on any atom is 0.232 e. The summed E-state index contributed by atoms with van der Waals surface area (Å²) < 4.78 is 25.5. The molecular weight excluding hydrogens is 300 g/mol. The summed E-state index contributed by atoms with van der Waals surface area (Å²) in [6, 6.07) is 7.40. The number of hydrogen-bond acceptors (Lipinski definition) is 3. The molecule has 0 aliphatic heterocycles. The lowest BCUT2D eigenvalue weighted by molar-refractivity contribution is -0.120. The van der Waals surface area contributed by atoms with Gasteiger partial charge in [-0.25, -0.2) is 8.42 Å². The predicted octanol–water partition coefficient (Wildman–Crippen LogP) is 2.32. The molecule has 0 saturated carbocycles. The lowest BCUT2D eigenvalue weighted by Gasteiger charge is -2.24. The van der Waals surface area contributed by atoms with Crippen molar-refractivity contribution >= 4 is 21.6 Å². The van der Waals surface area contributed by atoms with Crippen LogP contribution in [-0.4, -0.2) is 33.7 Å². The Morgan fingerprint density at radius 3 is 2.50 bits per heavy atom. The van der Waals surface area contributed by atoms with Crippen LogP contribution in [0.15, 0.2) is 24.3 Å². The fraction of sp³-hybridized carbons (Fsp3) is 0.562. The quantitative estimate of drug-likeness (QED) is 0.708. The third kappa shape index (κ3) is 5.67. The van der Waals surface area contributed by atoms with Crippen molar-refractivity contribution in [3.05, 3.63) is 29.8 Å².